The highest BCUT2D eigenvalue weighted by Gasteiger charge is 2.22. The van der Waals surface area contributed by atoms with Crippen LogP contribution in [0.1, 0.15) is 45.0 Å². The van der Waals surface area contributed by atoms with Crippen molar-refractivity contribution in [2.24, 2.45) is 5.73 Å². The number of hydrogen-bond acceptors (Lipinski definition) is 4. The van der Waals surface area contributed by atoms with Gasteiger partial charge in [0, 0.05) is 18.6 Å². The lowest BCUT2D eigenvalue weighted by molar-refractivity contribution is 0.138. The molecule has 1 atom stereocenters. The van der Waals surface area contributed by atoms with E-state index in [9.17, 15) is 0 Å². The van der Waals surface area contributed by atoms with Gasteiger partial charge >= 0.3 is 0 Å². The number of piperidine rings is 1. The van der Waals surface area contributed by atoms with E-state index < -0.39 is 0 Å². The second kappa shape index (κ2) is 5.60. The summed E-state index contributed by atoms with van der Waals surface area (Å²) in [7, 11) is 0. The standard InChI is InChI=1S/C12H23N5/c1-10(2)17-12(14-9-15-17)8-16-6-4-3-5-11(16)7-13/h9-11H,3-8,13H2,1-2H3. The Balaban J connectivity index is 2.05. The molecule has 5 heteroatoms. The molecule has 2 rings (SSSR count). The molecule has 0 aliphatic carbocycles. The van der Waals surface area contributed by atoms with Crippen LogP contribution >= 0.6 is 0 Å². The van der Waals surface area contributed by atoms with Crippen molar-refractivity contribution in [1.82, 2.24) is 19.7 Å². The summed E-state index contributed by atoms with van der Waals surface area (Å²) < 4.78 is 2.00. The van der Waals surface area contributed by atoms with Crippen LogP contribution in [-0.2, 0) is 6.54 Å². The van der Waals surface area contributed by atoms with E-state index in [0.717, 1.165) is 25.5 Å². The molecule has 1 aromatic rings. The molecule has 2 heterocycles. The number of nitrogens with zero attached hydrogens (tertiary/aromatic N) is 4. The summed E-state index contributed by atoms with van der Waals surface area (Å²) in [4.78, 5) is 6.82. The Bertz CT molecular complexity index is 346. The molecule has 1 aliphatic heterocycles. The largest absolute Gasteiger partial charge is 0.329 e. The van der Waals surface area contributed by atoms with Gasteiger partial charge < -0.3 is 5.73 Å². The Hall–Kier alpha value is -0.940. The second-order valence-corrected chi connectivity index (χ2v) is 5.07. The first-order valence-electron chi connectivity index (χ1n) is 6.55. The van der Waals surface area contributed by atoms with Gasteiger partial charge in [-0.15, -0.1) is 0 Å². The maximum absolute atomic E-state index is 5.84. The molecule has 0 saturated carbocycles. The zero-order valence-electron chi connectivity index (χ0n) is 10.8. The van der Waals surface area contributed by atoms with Crippen LogP contribution in [0.15, 0.2) is 6.33 Å². The molecular formula is C12H23N5. The van der Waals surface area contributed by atoms with Gasteiger partial charge in [-0.3, -0.25) is 4.90 Å². The zero-order chi connectivity index (χ0) is 12.3. The lowest BCUT2D eigenvalue weighted by atomic mass is 10.0. The fourth-order valence-corrected chi connectivity index (χ4v) is 2.54. The van der Waals surface area contributed by atoms with Gasteiger partial charge in [0.25, 0.3) is 0 Å². The molecule has 0 amide bonds. The monoisotopic (exact) mass is 237 g/mol. The van der Waals surface area contributed by atoms with Crippen LogP contribution < -0.4 is 5.73 Å². The first kappa shape index (κ1) is 12.5. The van der Waals surface area contributed by atoms with E-state index in [1.807, 2.05) is 4.68 Å². The van der Waals surface area contributed by atoms with E-state index in [0.29, 0.717) is 12.1 Å². The van der Waals surface area contributed by atoms with Crippen molar-refractivity contribution in [2.45, 2.75) is 51.7 Å². The normalized spacial score (nSPS) is 22.2. The van der Waals surface area contributed by atoms with Crippen molar-refractivity contribution in [3.63, 3.8) is 0 Å². The molecule has 0 aromatic carbocycles. The van der Waals surface area contributed by atoms with Crippen LogP contribution in [0, 0.1) is 0 Å². The Morgan fingerprint density at radius 2 is 2.29 bits per heavy atom. The maximum atomic E-state index is 5.84. The van der Waals surface area contributed by atoms with E-state index >= 15 is 0 Å². The molecule has 1 fully saturated rings. The van der Waals surface area contributed by atoms with Crippen LogP contribution in [0.5, 0.6) is 0 Å². The SMILES string of the molecule is CC(C)n1ncnc1CN1CCCCC1CN. The zero-order valence-corrected chi connectivity index (χ0v) is 10.8. The third-order valence-corrected chi connectivity index (χ3v) is 3.50. The molecule has 0 radical (unpaired) electrons. The fraction of sp³-hybridized carbons (Fsp3) is 0.833. The second-order valence-electron chi connectivity index (χ2n) is 5.07. The third-order valence-electron chi connectivity index (χ3n) is 3.50. The molecule has 1 aromatic heterocycles. The highest BCUT2D eigenvalue weighted by Crippen LogP contribution is 2.18. The van der Waals surface area contributed by atoms with Crippen molar-refractivity contribution < 1.29 is 0 Å². The van der Waals surface area contributed by atoms with Crippen molar-refractivity contribution in [1.29, 1.82) is 0 Å². The number of nitrogens with two attached hydrogens (primary N) is 1. The quantitative estimate of drug-likeness (QED) is 0.854. The lowest BCUT2D eigenvalue weighted by Crippen LogP contribution is -2.44. The Morgan fingerprint density at radius 3 is 3.00 bits per heavy atom. The van der Waals surface area contributed by atoms with Crippen molar-refractivity contribution in [3.05, 3.63) is 12.2 Å². The van der Waals surface area contributed by atoms with E-state index in [1.54, 1.807) is 6.33 Å². The first-order valence-corrected chi connectivity index (χ1v) is 6.55. The van der Waals surface area contributed by atoms with Crippen LogP contribution in [0.4, 0.5) is 0 Å². The molecule has 1 aliphatic rings. The van der Waals surface area contributed by atoms with Gasteiger partial charge in [0.15, 0.2) is 0 Å². The topological polar surface area (TPSA) is 60.0 Å². The fourth-order valence-electron chi connectivity index (χ4n) is 2.54. The molecule has 17 heavy (non-hydrogen) atoms. The number of hydrogen-bond donors (Lipinski definition) is 1. The minimum absolute atomic E-state index is 0.369. The Morgan fingerprint density at radius 1 is 1.47 bits per heavy atom. The highest BCUT2D eigenvalue weighted by atomic mass is 15.4. The van der Waals surface area contributed by atoms with E-state index in [4.69, 9.17) is 5.73 Å². The Kier molecular flexibility index (Phi) is 4.12. The minimum atomic E-state index is 0.369. The van der Waals surface area contributed by atoms with Gasteiger partial charge in [0.1, 0.15) is 12.2 Å². The predicted octanol–water partition coefficient (Wildman–Crippen LogP) is 1.17. The van der Waals surface area contributed by atoms with E-state index in [2.05, 4.69) is 28.8 Å². The summed E-state index contributed by atoms with van der Waals surface area (Å²) >= 11 is 0. The maximum Gasteiger partial charge on any atom is 0.141 e. The highest BCUT2D eigenvalue weighted by molar-refractivity contribution is 4.89. The summed E-state index contributed by atoms with van der Waals surface area (Å²) in [5, 5.41) is 4.28. The van der Waals surface area contributed by atoms with Crippen LogP contribution in [0.2, 0.25) is 0 Å². The van der Waals surface area contributed by atoms with Gasteiger partial charge in [0.2, 0.25) is 0 Å². The van der Waals surface area contributed by atoms with Gasteiger partial charge in [-0.2, -0.15) is 5.10 Å². The summed E-state index contributed by atoms with van der Waals surface area (Å²) in [5.74, 6) is 1.06. The number of likely N-dealkylation sites (tertiary alicyclic amines) is 1. The van der Waals surface area contributed by atoms with Gasteiger partial charge in [-0.1, -0.05) is 6.42 Å². The summed E-state index contributed by atoms with van der Waals surface area (Å²) in [6.07, 6.45) is 5.44. The van der Waals surface area contributed by atoms with Crippen molar-refractivity contribution in [3.8, 4) is 0 Å². The molecule has 96 valence electrons. The molecule has 5 nitrogen and oxygen atoms in total. The number of aromatic nitrogens is 3. The molecular weight excluding hydrogens is 214 g/mol. The van der Waals surface area contributed by atoms with Gasteiger partial charge in [-0.05, 0) is 33.2 Å². The molecule has 1 unspecified atom stereocenters. The van der Waals surface area contributed by atoms with Crippen LogP contribution in [0.3, 0.4) is 0 Å². The molecule has 1 saturated heterocycles. The van der Waals surface area contributed by atoms with Crippen molar-refractivity contribution in [2.75, 3.05) is 13.1 Å². The molecule has 0 spiro atoms. The van der Waals surface area contributed by atoms with E-state index in [1.165, 1.54) is 19.3 Å². The average molecular weight is 237 g/mol. The molecule has 0 bridgehead atoms. The third kappa shape index (κ3) is 2.84. The van der Waals surface area contributed by atoms with Crippen molar-refractivity contribution >= 4 is 0 Å². The summed E-state index contributed by atoms with van der Waals surface area (Å²) in [6.45, 7) is 7.02. The first-order chi connectivity index (χ1) is 8.22. The lowest BCUT2D eigenvalue weighted by Gasteiger charge is -2.34. The van der Waals surface area contributed by atoms with Crippen LogP contribution in [0.25, 0.3) is 0 Å². The summed E-state index contributed by atoms with van der Waals surface area (Å²) in [6, 6.07) is 0.884. The Labute approximate surface area is 103 Å². The van der Waals surface area contributed by atoms with Crippen LogP contribution in [-0.4, -0.2) is 38.8 Å². The minimum Gasteiger partial charge on any atom is -0.329 e. The van der Waals surface area contributed by atoms with Gasteiger partial charge in [-0.25, -0.2) is 9.67 Å². The number of rotatable bonds is 4. The average Bonchev–Trinajstić information content (AvgIpc) is 2.78. The van der Waals surface area contributed by atoms with Gasteiger partial charge in [0.05, 0.1) is 6.54 Å². The smallest absolute Gasteiger partial charge is 0.141 e. The van der Waals surface area contributed by atoms with E-state index in [-0.39, 0.29) is 0 Å². The molecule has 2 N–H and O–H groups in total. The predicted molar refractivity (Wildman–Crippen MR) is 67.5 cm³/mol. The summed E-state index contributed by atoms with van der Waals surface area (Å²) in [5.41, 5.74) is 5.84.